The number of ether oxygens (including phenoxy) is 2. The average Bonchev–Trinajstić information content (AvgIpc) is 2.69. The molecule has 8 heteroatoms. The first-order chi connectivity index (χ1) is 13.5. The summed E-state index contributed by atoms with van der Waals surface area (Å²) < 4.78 is 13.0. The largest absolute Gasteiger partial charge is 0.493 e. The molecule has 7 nitrogen and oxygen atoms in total. The van der Waals surface area contributed by atoms with Crippen molar-refractivity contribution in [2.24, 2.45) is 7.05 Å². The maximum absolute atomic E-state index is 13.0. The highest BCUT2D eigenvalue weighted by Crippen LogP contribution is 2.43. The van der Waals surface area contributed by atoms with Gasteiger partial charge in [0.2, 0.25) is 5.91 Å². The fourth-order valence-electron chi connectivity index (χ4n) is 3.39. The highest BCUT2D eigenvalue weighted by atomic mass is 32.2. The Morgan fingerprint density at radius 3 is 2.79 bits per heavy atom. The molecule has 0 spiro atoms. The van der Waals surface area contributed by atoms with Crippen LogP contribution in [0.5, 0.6) is 11.5 Å². The molecule has 2 heterocycles. The zero-order valence-electron chi connectivity index (χ0n) is 16.6. The smallest absolute Gasteiger partial charge is 0.279 e. The number of nitrogens with zero attached hydrogens (tertiary/aromatic N) is 2. The Morgan fingerprint density at radius 2 is 2.11 bits per heavy atom. The first kappa shape index (κ1) is 20.3. The standard InChI is InChI=1S/C20H25N3O4S/c1-5-10-28-20-22-19(25)16-13(11-15(24)21-18(16)23(20)3)12-8-7-9-14(26-4)17(12)27-6-2/h7-9,13H,5-6,10-11H2,1-4H3,(H,21,24)/t13-/m1/s1. The predicted molar refractivity (Wildman–Crippen MR) is 110 cm³/mol. The van der Waals surface area contributed by atoms with Crippen LogP contribution in [0.2, 0.25) is 0 Å². The zero-order chi connectivity index (χ0) is 20.3. The molecule has 1 aromatic carbocycles. The molecule has 0 bridgehead atoms. The normalized spacial score (nSPS) is 15.7. The topological polar surface area (TPSA) is 82.5 Å². The summed E-state index contributed by atoms with van der Waals surface area (Å²) in [6, 6.07) is 5.52. The molecule has 0 fully saturated rings. The summed E-state index contributed by atoms with van der Waals surface area (Å²) in [5, 5.41) is 3.46. The lowest BCUT2D eigenvalue weighted by atomic mass is 9.86. The van der Waals surface area contributed by atoms with Crippen LogP contribution in [0.1, 0.15) is 43.7 Å². The molecule has 1 amide bonds. The first-order valence-electron chi connectivity index (χ1n) is 9.35. The van der Waals surface area contributed by atoms with E-state index in [4.69, 9.17) is 9.47 Å². The second-order valence-electron chi connectivity index (χ2n) is 6.49. The Bertz CT molecular complexity index is 942. The van der Waals surface area contributed by atoms with Crippen LogP contribution in [0.4, 0.5) is 5.82 Å². The maximum Gasteiger partial charge on any atom is 0.279 e. The minimum absolute atomic E-state index is 0.143. The van der Waals surface area contributed by atoms with E-state index < -0.39 is 5.92 Å². The third kappa shape index (κ3) is 3.73. The van der Waals surface area contributed by atoms with Crippen LogP contribution in [0.3, 0.4) is 0 Å². The highest BCUT2D eigenvalue weighted by molar-refractivity contribution is 7.99. The number of carbonyl (C=O) groups is 1. The molecule has 2 aromatic rings. The van der Waals surface area contributed by atoms with Crippen molar-refractivity contribution < 1.29 is 14.3 Å². The van der Waals surface area contributed by atoms with Crippen molar-refractivity contribution in [2.75, 3.05) is 24.8 Å². The number of rotatable bonds is 7. The molecular weight excluding hydrogens is 378 g/mol. The van der Waals surface area contributed by atoms with Crippen molar-refractivity contribution in [3.63, 3.8) is 0 Å². The van der Waals surface area contributed by atoms with Crippen LogP contribution in [0, 0.1) is 0 Å². The Labute approximate surface area is 168 Å². The van der Waals surface area contributed by atoms with E-state index in [1.54, 1.807) is 17.7 Å². The Hall–Kier alpha value is -2.48. The molecule has 1 aliphatic heterocycles. The molecule has 0 aliphatic carbocycles. The minimum Gasteiger partial charge on any atom is -0.493 e. The third-order valence-corrected chi connectivity index (χ3v) is 5.87. The second-order valence-corrected chi connectivity index (χ2v) is 7.55. The molecule has 0 saturated carbocycles. The van der Waals surface area contributed by atoms with Gasteiger partial charge in [0.15, 0.2) is 16.7 Å². The van der Waals surface area contributed by atoms with Gasteiger partial charge in [-0.15, -0.1) is 0 Å². The van der Waals surface area contributed by atoms with Gasteiger partial charge in [-0.05, 0) is 19.4 Å². The minimum atomic E-state index is -0.447. The molecule has 1 atom stereocenters. The first-order valence-corrected chi connectivity index (χ1v) is 10.3. The van der Waals surface area contributed by atoms with Gasteiger partial charge in [-0.1, -0.05) is 30.8 Å². The lowest BCUT2D eigenvalue weighted by Crippen LogP contribution is -2.33. The van der Waals surface area contributed by atoms with Gasteiger partial charge in [0.25, 0.3) is 5.56 Å². The van der Waals surface area contributed by atoms with Crippen molar-refractivity contribution in [1.82, 2.24) is 9.55 Å². The summed E-state index contributed by atoms with van der Waals surface area (Å²) in [6.45, 7) is 4.40. The number of methoxy groups -OCH3 is 1. The molecule has 0 unspecified atom stereocenters. The average molecular weight is 404 g/mol. The molecule has 3 rings (SSSR count). The van der Waals surface area contributed by atoms with E-state index in [9.17, 15) is 9.59 Å². The molecule has 1 aromatic heterocycles. The zero-order valence-corrected chi connectivity index (χ0v) is 17.4. The van der Waals surface area contributed by atoms with Gasteiger partial charge in [0, 0.05) is 30.7 Å². The van der Waals surface area contributed by atoms with Gasteiger partial charge < -0.3 is 19.4 Å². The molecule has 28 heavy (non-hydrogen) atoms. The number of anilines is 1. The van der Waals surface area contributed by atoms with Gasteiger partial charge in [-0.25, -0.2) is 0 Å². The molecule has 150 valence electrons. The van der Waals surface area contributed by atoms with E-state index in [0.717, 1.165) is 17.7 Å². The lowest BCUT2D eigenvalue weighted by molar-refractivity contribution is -0.116. The number of hydrogen-bond acceptors (Lipinski definition) is 6. The van der Waals surface area contributed by atoms with Crippen LogP contribution < -0.4 is 20.3 Å². The number of para-hydroxylation sites is 1. The quantitative estimate of drug-likeness (QED) is 0.565. The molecule has 0 saturated heterocycles. The highest BCUT2D eigenvalue weighted by Gasteiger charge is 2.34. The van der Waals surface area contributed by atoms with E-state index in [0.29, 0.717) is 34.6 Å². The molecule has 0 radical (unpaired) electrons. The van der Waals surface area contributed by atoms with Crippen LogP contribution >= 0.6 is 11.8 Å². The fourth-order valence-corrected chi connectivity index (χ4v) is 4.21. The monoisotopic (exact) mass is 403 g/mol. The van der Waals surface area contributed by atoms with Crippen molar-refractivity contribution in [1.29, 1.82) is 0 Å². The van der Waals surface area contributed by atoms with Crippen molar-refractivity contribution in [3.05, 3.63) is 39.7 Å². The summed E-state index contributed by atoms with van der Waals surface area (Å²) in [7, 11) is 3.39. The van der Waals surface area contributed by atoms with Crippen molar-refractivity contribution >= 4 is 23.5 Å². The van der Waals surface area contributed by atoms with Crippen LogP contribution in [0.25, 0.3) is 0 Å². The Morgan fingerprint density at radius 1 is 1.32 bits per heavy atom. The molecular formula is C20H25N3O4S. The van der Waals surface area contributed by atoms with Crippen molar-refractivity contribution in [2.45, 2.75) is 37.8 Å². The van der Waals surface area contributed by atoms with E-state index in [2.05, 4.69) is 17.2 Å². The Balaban J connectivity index is 2.19. The predicted octanol–water partition coefficient (Wildman–Crippen LogP) is 3.16. The van der Waals surface area contributed by atoms with Crippen LogP contribution in [-0.2, 0) is 11.8 Å². The number of fused-ring (bicyclic) bond motifs is 1. The summed E-state index contributed by atoms with van der Waals surface area (Å²) in [5.41, 5.74) is 0.921. The van der Waals surface area contributed by atoms with E-state index in [1.807, 2.05) is 26.1 Å². The number of nitrogens with one attached hydrogen (secondary N) is 1. The number of benzene rings is 1. The van der Waals surface area contributed by atoms with Gasteiger partial charge >= 0.3 is 0 Å². The fraction of sp³-hybridized carbons (Fsp3) is 0.450. The number of carbonyl (C=O) groups excluding carboxylic acids is 1. The Kier molecular flexibility index (Phi) is 6.28. The number of thioether (sulfide) groups is 1. The van der Waals surface area contributed by atoms with E-state index in [-0.39, 0.29) is 17.9 Å². The van der Waals surface area contributed by atoms with E-state index >= 15 is 0 Å². The lowest BCUT2D eigenvalue weighted by Gasteiger charge is -2.28. The van der Waals surface area contributed by atoms with Gasteiger partial charge in [-0.2, -0.15) is 4.98 Å². The van der Waals surface area contributed by atoms with Crippen LogP contribution in [-0.4, -0.2) is 34.9 Å². The summed E-state index contributed by atoms with van der Waals surface area (Å²) >= 11 is 1.51. The van der Waals surface area contributed by atoms with Crippen molar-refractivity contribution in [3.8, 4) is 11.5 Å². The SMILES string of the molecule is CCCSc1nc(=O)c2c(n1C)NC(=O)C[C@@H]2c1cccc(OC)c1OCC. The second kappa shape index (κ2) is 8.68. The number of aromatic nitrogens is 2. The van der Waals surface area contributed by atoms with Crippen LogP contribution in [0.15, 0.2) is 28.2 Å². The molecule has 1 N–H and O–H groups in total. The number of hydrogen-bond donors (Lipinski definition) is 1. The third-order valence-electron chi connectivity index (χ3n) is 4.63. The van der Waals surface area contributed by atoms with E-state index in [1.165, 1.54) is 11.8 Å². The number of amides is 1. The summed E-state index contributed by atoms with van der Waals surface area (Å²) in [4.78, 5) is 29.7. The van der Waals surface area contributed by atoms with Gasteiger partial charge in [-0.3, -0.25) is 9.59 Å². The maximum atomic E-state index is 13.0. The molecule has 1 aliphatic rings. The van der Waals surface area contributed by atoms with Gasteiger partial charge in [0.1, 0.15) is 5.82 Å². The van der Waals surface area contributed by atoms with Gasteiger partial charge in [0.05, 0.1) is 19.3 Å². The summed E-state index contributed by atoms with van der Waals surface area (Å²) in [6.07, 6.45) is 1.12. The summed E-state index contributed by atoms with van der Waals surface area (Å²) in [5.74, 6) is 1.90.